The van der Waals surface area contributed by atoms with Crippen molar-refractivity contribution in [2.45, 2.75) is 113 Å². The van der Waals surface area contributed by atoms with E-state index < -0.39 is 0 Å². The molecule has 0 aliphatic carbocycles. The van der Waals surface area contributed by atoms with Crippen LogP contribution in [0.4, 0.5) is 11.4 Å². The maximum Gasteiger partial charge on any atom is 0.0572 e. The topological polar surface area (TPSA) is 36.1 Å². The molecule has 1 aliphatic heterocycles. The fourth-order valence-electron chi connectivity index (χ4n) is 6.59. The summed E-state index contributed by atoms with van der Waals surface area (Å²) in [5.41, 5.74) is 17.9. The van der Waals surface area contributed by atoms with Crippen molar-refractivity contribution in [3.8, 4) is 11.1 Å². The van der Waals surface area contributed by atoms with Crippen LogP contribution < -0.4 is 16.0 Å². The van der Waals surface area contributed by atoms with Crippen LogP contribution in [0.25, 0.3) is 11.1 Å². The van der Waals surface area contributed by atoms with E-state index in [9.17, 15) is 0 Å². The predicted molar refractivity (Wildman–Crippen MR) is 220 cm³/mol. The van der Waals surface area contributed by atoms with Gasteiger partial charge in [-0.25, -0.2) is 0 Å². The standard InChI is InChI=1S/C35H51N3.C12H10.Ti/c1-20(2)28-16-24(9)17-29(21(3)4)34(28)36-26(11)32-14-13-15-33(38-32)27(12)37-35-30(22(5)6)18-25(10)19-31(35)23(7)8;1-3-7-11(8-4-1)12-9-5-2-6-10-12;/h13-14,16-23,36-38H,15H2,1-12H3;1-10H;/b32-26+,33-27-;;. The Labute approximate surface area is 325 Å². The van der Waals surface area contributed by atoms with E-state index >= 15 is 0 Å². The van der Waals surface area contributed by atoms with Crippen molar-refractivity contribution in [3.05, 3.63) is 153 Å². The van der Waals surface area contributed by atoms with E-state index in [2.05, 4.69) is 184 Å². The van der Waals surface area contributed by atoms with Crippen molar-refractivity contribution >= 4 is 11.4 Å². The largest absolute Gasteiger partial charge is 0.357 e. The van der Waals surface area contributed by atoms with Gasteiger partial charge in [-0.05, 0) is 90.8 Å². The van der Waals surface area contributed by atoms with E-state index in [0.717, 1.165) is 17.8 Å². The zero-order valence-corrected chi connectivity index (χ0v) is 34.8. The first kappa shape index (κ1) is 41.6. The van der Waals surface area contributed by atoms with Gasteiger partial charge in [0.25, 0.3) is 0 Å². The van der Waals surface area contributed by atoms with E-state index in [1.807, 2.05) is 12.1 Å². The Kier molecular flexibility index (Phi) is 15.6. The fourth-order valence-corrected chi connectivity index (χ4v) is 6.59. The van der Waals surface area contributed by atoms with Crippen LogP contribution in [0.3, 0.4) is 0 Å². The summed E-state index contributed by atoms with van der Waals surface area (Å²) in [6.45, 7) is 27.0. The fraction of sp³-hybridized carbons (Fsp3) is 0.362. The second kappa shape index (κ2) is 19.2. The van der Waals surface area contributed by atoms with E-state index in [1.165, 1.54) is 67.3 Å². The molecule has 5 rings (SSSR count). The van der Waals surface area contributed by atoms with Crippen molar-refractivity contribution < 1.29 is 21.7 Å². The third-order valence-corrected chi connectivity index (χ3v) is 9.43. The summed E-state index contributed by atoms with van der Waals surface area (Å²) in [5, 5.41) is 11.4. The minimum atomic E-state index is 0. The van der Waals surface area contributed by atoms with Gasteiger partial charge in [-0.1, -0.05) is 158 Å². The number of anilines is 2. The van der Waals surface area contributed by atoms with Crippen LogP contribution in [0.15, 0.2) is 120 Å². The van der Waals surface area contributed by atoms with Crippen molar-refractivity contribution in [2.24, 2.45) is 0 Å². The molecule has 0 radical (unpaired) electrons. The Morgan fingerprint density at radius 1 is 0.549 bits per heavy atom. The molecule has 0 atom stereocenters. The molecule has 0 bridgehead atoms. The van der Waals surface area contributed by atoms with Crippen LogP contribution in [-0.4, -0.2) is 0 Å². The summed E-state index contributed by atoms with van der Waals surface area (Å²) in [6.07, 6.45) is 5.36. The molecule has 0 fully saturated rings. The van der Waals surface area contributed by atoms with Crippen LogP contribution in [0.1, 0.15) is 133 Å². The van der Waals surface area contributed by atoms with Gasteiger partial charge in [-0.2, -0.15) is 0 Å². The molecule has 0 spiro atoms. The van der Waals surface area contributed by atoms with Crippen molar-refractivity contribution in [1.82, 2.24) is 5.32 Å². The molecule has 3 N–H and O–H groups in total. The summed E-state index contributed by atoms with van der Waals surface area (Å²) in [5.74, 6) is 1.80. The predicted octanol–water partition coefficient (Wildman–Crippen LogP) is 13.7. The molecule has 3 nitrogen and oxygen atoms in total. The average molecular weight is 716 g/mol. The molecule has 0 amide bonds. The first-order chi connectivity index (χ1) is 23.8. The zero-order valence-electron chi connectivity index (χ0n) is 33.3. The number of hydrogen-bond donors (Lipinski definition) is 3. The summed E-state index contributed by atoms with van der Waals surface area (Å²) >= 11 is 0. The first-order valence-corrected chi connectivity index (χ1v) is 18.5. The normalized spacial score (nSPS) is 14.5. The molecule has 4 heteroatoms. The zero-order chi connectivity index (χ0) is 36.5. The Hall–Kier alpha value is -3.79. The van der Waals surface area contributed by atoms with Gasteiger partial charge in [-0.15, -0.1) is 0 Å². The number of hydrogen-bond acceptors (Lipinski definition) is 3. The Morgan fingerprint density at radius 3 is 1.25 bits per heavy atom. The molecule has 0 saturated heterocycles. The van der Waals surface area contributed by atoms with Gasteiger partial charge in [0.05, 0.1) is 5.70 Å². The van der Waals surface area contributed by atoms with Crippen molar-refractivity contribution in [1.29, 1.82) is 0 Å². The number of allylic oxidation sites excluding steroid dienone is 4. The van der Waals surface area contributed by atoms with Crippen molar-refractivity contribution in [3.63, 3.8) is 0 Å². The molecular weight excluding hydrogens is 654 g/mol. The van der Waals surface area contributed by atoms with Crippen molar-refractivity contribution in [2.75, 3.05) is 10.6 Å². The van der Waals surface area contributed by atoms with Gasteiger partial charge >= 0.3 is 0 Å². The second-order valence-electron chi connectivity index (χ2n) is 15.1. The van der Waals surface area contributed by atoms with Gasteiger partial charge in [0, 0.05) is 56.6 Å². The Bertz CT molecular complexity index is 1730. The molecule has 51 heavy (non-hydrogen) atoms. The summed E-state index contributed by atoms with van der Waals surface area (Å²) in [4.78, 5) is 0. The maximum absolute atomic E-state index is 3.84. The smallest absolute Gasteiger partial charge is 0.0572 e. The van der Waals surface area contributed by atoms with E-state index in [1.54, 1.807) is 0 Å². The molecule has 0 saturated carbocycles. The molecule has 0 aromatic heterocycles. The molecule has 0 unspecified atom stereocenters. The molecule has 1 heterocycles. The van der Waals surface area contributed by atoms with Crippen LogP contribution in [-0.2, 0) is 21.7 Å². The molecule has 1 aliphatic rings. The SMILES string of the molecule is C/C(Nc1c(C(C)C)cc(C)cc1C(C)C)=C1\CC=C/C(=C(/C)Nc2c(C(C)C)cc(C)cc2C(C)C)N1.[Ti].c1ccc(-c2ccccc2)cc1. The quantitative estimate of drug-likeness (QED) is 0.151. The third kappa shape index (κ3) is 11.1. The first-order valence-electron chi connectivity index (χ1n) is 18.5. The molecule has 4 aromatic rings. The van der Waals surface area contributed by atoms with Gasteiger partial charge < -0.3 is 16.0 Å². The van der Waals surface area contributed by atoms with E-state index in [0.29, 0.717) is 23.7 Å². The average Bonchev–Trinajstić information content (AvgIpc) is 3.10. The minimum absolute atomic E-state index is 0. The second-order valence-corrected chi connectivity index (χ2v) is 15.1. The summed E-state index contributed by atoms with van der Waals surface area (Å²) in [6, 6.07) is 30.1. The number of nitrogens with one attached hydrogen (secondary N) is 3. The van der Waals surface area contributed by atoms with Gasteiger partial charge in [0.2, 0.25) is 0 Å². The third-order valence-electron chi connectivity index (χ3n) is 9.43. The van der Waals surface area contributed by atoms with Crippen LogP contribution in [0.5, 0.6) is 0 Å². The Morgan fingerprint density at radius 2 is 0.902 bits per heavy atom. The maximum atomic E-state index is 3.84. The summed E-state index contributed by atoms with van der Waals surface area (Å²) in [7, 11) is 0. The van der Waals surface area contributed by atoms with Crippen LogP contribution in [0.2, 0.25) is 0 Å². The monoisotopic (exact) mass is 715 g/mol. The minimum Gasteiger partial charge on any atom is -0.357 e. The molecule has 4 aromatic carbocycles. The molecular formula is C47H61N3Ti. The number of aryl methyl sites for hydroxylation is 2. The van der Waals surface area contributed by atoms with E-state index in [-0.39, 0.29) is 21.7 Å². The number of benzene rings is 4. The number of rotatable bonds is 9. The Balaban J connectivity index is 0.000000452. The van der Waals surface area contributed by atoms with Gasteiger partial charge in [0.1, 0.15) is 0 Å². The van der Waals surface area contributed by atoms with Gasteiger partial charge in [0.15, 0.2) is 0 Å². The summed E-state index contributed by atoms with van der Waals surface area (Å²) < 4.78 is 0. The van der Waals surface area contributed by atoms with Crippen LogP contribution in [0, 0.1) is 13.8 Å². The van der Waals surface area contributed by atoms with E-state index in [4.69, 9.17) is 0 Å². The molecule has 268 valence electrons. The van der Waals surface area contributed by atoms with Crippen LogP contribution >= 0.6 is 0 Å². The van der Waals surface area contributed by atoms with Gasteiger partial charge in [-0.3, -0.25) is 0 Å².